The molecule has 1 atom stereocenters. The van der Waals surface area contributed by atoms with Crippen molar-refractivity contribution in [3.63, 3.8) is 0 Å². The van der Waals surface area contributed by atoms with E-state index in [9.17, 15) is 0 Å². The van der Waals surface area contributed by atoms with Gasteiger partial charge in [-0.15, -0.1) is 10.2 Å². The molecule has 0 aliphatic heterocycles. The molecule has 0 radical (unpaired) electrons. The van der Waals surface area contributed by atoms with Crippen molar-refractivity contribution in [2.24, 2.45) is 5.73 Å². The second kappa shape index (κ2) is 6.36. The van der Waals surface area contributed by atoms with Gasteiger partial charge in [0.2, 0.25) is 0 Å². The van der Waals surface area contributed by atoms with Gasteiger partial charge in [-0.1, -0.05) is 29.2 Å². The Hall–Kier alpha value is -1.11. The Morgan fingerprint density at radius 2 is 2.21 bits per heavy atom. The molecular weight excluding hydrogens is 278 g/mol. The van der Waals surface area contributed by atoms with Crippen molar-refractivity contribution >= 4 is 23.1 Å². The van der Waals surface area contributed by atoms with Gasteiger partial charge in [-0.05, 0) is 31.5 Å². The molecule has 0 aliphatic rings. The number of benzene rings is 1. The molecule has 1 aromatic heterocycles. The molecule has 0 saturated carbocycles. The molecule has 102 valence electrons. The van der Waals surface area contributed by atoms with Crippen LogP contribution in [0.15, 0.2) is 22.5 Å². The summed E-state index contributed by atoms with van der Waals surface area (Å²) >= 11 is 3.27. The molecule has 2 rings (SSSR count). The summed E-state index contributed by atoms with van der Waals surface area (Å²) in [5.74, 6) is 1.69. The summed E-state index contributed by atoms with van der Waals surface area (Å²) in [6, 6.07) is 6.11. The third-order valence-electron chi connectivity index (χ3n) is 2.69. The molecule has 1 aromatic carbocycles. The topological polar surface area (TPSA) is 61.0 Å². The molecule has 1 unspecified atom stereocenters. The second-order valence-corrected chi connectivity index (χ2v) is 6.64. The predicted octanol–water partition coefficient (Wildman–Crippen LogP) is 3.17. The van der Waals surface area contributed by atoms with Crippen molar-refractivity contribution in [1.29, 1.82) is 0 Å². The zero-order chi connectivity index (χ0) is 13.8. The molecule has 19 heavy (non-hydrogen) atoms. The lowest BCUT2D eigenvalue weighted by Gasteiger charge is -2.12. The maximum Gasteiger partial charge on any atom is 0.174 e. The largest absolute Gasteiger partial charge is 0.496 e. The van der Waals surface area contributed by atoms with Gasteiger partial charge in [0.15, 0.2) is 4.34 Å². The fourth-order valence-electron chi connectivity index (χ4n) is 1.67. The standard InChI is InChI=1S/C13H17N3OS2/c1-8(14)10-4-5-12(17-3)11(6-10)7-18-13-16-15-9(2)19-13/h4-6,8H,7,14H2,1-3H3. The highest BCUT2D eigenvalue weighted by atomic mass is 32.2. The molecule has 0 aliphatic carbocycles. The first-order valence-corrected chi connectivity index (χ1v) is 7.75. The summed E-state index contributed by atoms with van der Waals surface area (Å²) < 4.78 is 6.36. The fourth-order valence-corrected chi connectivity index (χ4v) is 3.46. The summed E-state index contributed by atoms with van der Waals surface area (Å²) in [5.41, 5.74) is 8.17. The average molecular weight is 295 g/mol. The molecule has 6 heteroatoms. The lowest BCUT2D eigenvalue weighted by molar-refractivity contribution is 0.411. The van der Waals surface area contributed by atoms with E-state index in [1.54, 1.807) is 30.2 Å². The van der Waals surface area contributed by atoms with Crippen LogP contribution in [-0.2, 0) is 5.75 Å². The van der Waals surface area contributed by atoms with E-state index in [0.717, 1.165) is 32.0 Å². The average Bonchev–Trinajstić information content (AvgIpc) is 2.81. The van der Waals surface area contributed by atoms with Crippen molar-refractivity contribution in [2.45, 2.75) is 30.0 Å². The van der Waals surface area contributed by atoms with E-state index in [1.807, 2.05) is 26.0 Å². The fraction of sp³-hybridized carbons (Fsp3) is 0.385. The van der Waals surface area contributed by atoms with Crippen LogP contribution >= 0.6 is 23.1 Å². The van der Waals surface area contributed by atoms with Crippen LogP contribution in [0, 0.1) is 6.92 Å². The Labute approximate surface area is 121 Å². The van der Waals surface area contributed by atoms with Crippen LogP contribution < -0.4 is 10.5 Å². The Kier molecular flexibility index (Phi) is 4.79. The molecule has 0 spiro atoms. The van der Waals surface area contributed by atoms with Crippen molar-refractivity contribution in [2.75, 3.05) is 7.11 Å². The van der Waals surface area contributed by atoms with E-state index >= 15 is 0 Å². The first-order valence-electron chi connectivity index (χ1n) is 5.95. The minimum Gasteiger partial charge on any atom is -0.496 e. The van der Waals surface area contributed by atoms with Gasteiger partial charge in [0, 0.05) is 17.4 Å². The normalized spacial score (nSPS) is 12.4. The molecule has 4 nitrogen and oxygen atoms in total. The maximum absolute atomic E-state index is 5.92. The summed E-state index contributed by atoms with van der Waals surface area (Å²) in [6.45, 7) is 3.94. The summed E-state index contributed by atoms with van der Waals surface area (Å²) in [4.78, 5) is 0. The van der Waals surface area contributed by atoms with Gasteiger partial charge in [0.25, 0.3) is 0 Å². The number of nitrogens with two attached hydrogens (primary N) is 1. The van der Waals surface area contributed by atoms with Gasteiger partial charge in [-0.3, -0.25) is 0 Å². The lowest BCUT2D eigenvalue weighted by atomic mass is 10.1. The van der Waals surface area contributed by atoms with E-state index in [4.69, 9.17) is 10.5 Å². The number of aryl methyl sites for hydroxylation is 1. The number of rotatable bonds is 5. The Balaban J connectivity index is 2.15. The summed E-state index contributed by atoms with van der Waals surface area (Å²) in [6.07, 6.45) is 0. The van der Waals surface area contributed by atoms with Gasteiger partial charge in [0.1, 0.15) is 10.8 Å². The summed E-state index contributed by atoms with van der Waals surface area (Å²) in [7, 11) is 1.68. The smallest absolute Gasteiger partial charge is 0.174 e. The summed E-state index contributed by atoms with van der Waals surface area (Å²) in [5, 5.41) is 9.11. The third kappa shape index (κ3) is 3.68. The van der Waals surface area contributed by atoms with E-state index in [2.05, 4.69) is 16.3 Å². The Bertz CT molecular complexity index is 555. The van der Waals surface area contributed by atoms with Crippen molar-refractivity contribution in [1.82, 2.24) is 10.2 Å². The molecule has 0 saturated heterocycles. The molecule has 2 N–H and O–H groups in total. The first-order chi connectivity index (χ1) is 9.10. The van der Waals surface area contributed by atoms with Crippen LogP contribution in [0.2, 0.25) is 0 Å². The SMILES string of the molecule is COc1ccc(C(C)N)cc1CSc1nnc(C)s1. The Morgan fingerprint density at radius 3 is 2.79 bits per heavy atom. The predicted molar refractivity (Wildman–Crippen MR) is 79.8 cm³/mol. The first kappa shape index (κ1) is 14.3. The molecule has 0 amide bonds. The van der Waals surface area contributed by atoms with Crippen LogP contribution in [0.5, 0.6) is 5.75 Å². The molecule has 0 bridgehead atoms. The van der Waals surface area contributed by atoms with Gasteiger partial charge >= 0.3 is 0 Å². The number of aromatic nitrogens is 2. The number of thioether (sulfide) groups is 1. The van der Waals surface area contributed by atoms with Gasteiger partial charge in [0.05, 0.1) is 7.11 Å². The van der Waals surface area contributed by atoms with E-state index in [-0.39, 0.29) is 6.04 Å². The van der Waals surface area contributed by atoms with E-state index in [1.165, 1.54) is 0 Å². The van der Waals surface area contributed by atoms with E-state index in [0.29, 0.717) is 0 Å². The molecule has 0 fully saturated rings. The number of hydrogen-bond donors (Lipinski definition) is 1. The van der Waals surface area contributed by atoms with Gasteiger partial charge < -0.3 is 10.5 Å². The maximum atomic E-state index is 5.92. The number of hydrogen-bond acceptors (Lipinski definition) is 6. The van der Waals surface area contributed by atoms with Crippen molar-refractivity contribution in [3.8, 4) is 5.75 Å². The number of ether oxygens (including phenoxy) is 1. The molecule has 2 aromatic rings. The van der Waals surface area contributed by atoms with Crippen LogP contribution in [0.25, 0.3) is 0 Å². The second-order valence-electron chi connectivity index (χ2n) is 4.24. The van der Waals surface area contributed by atoms with Gasteiger partial charge in [-0.25, -0.2) is 0 Å². The van der Waals surface area contributed by atoms with E-state index < -0.39 is 0 Å². The monoisotopic (exact) mass is 295 g/mol. The highest BCUT2D eigenvalue weighted by Gasteiger charge is 2.09. The van der Waals surface area contributed by atoms with Crippen molar-refractivity contribution in [3.05, 3.63) is 34.3 Å². The Morgan fingerprint density at radius 1 is 1.42 bits per heavy atom. The minimum absolute atomic E-state index is 0.0263. The quantitative estimate of drug-likeness (QED) is 0.859. The highest BCUT2D eigenvalue weighted by molar-refractivity contribution is 8.00. The molecular formula is C13H17N3OS2. The number of nitrogens with zero attached hydrogens (tertiary/aromatic N) is 2. The zero-order valence-electron chi connectivity index (χ0n) is 11.2. The lowest BCUT2D eigenvalue weighted by Crippen LogP contribution is -2.05. The van der Waals surface area contributed by atoms with Crippen LogP contribution in [-0.4, -0.2) is 17.3 Å². The van der Waals surface area contributed by atoms with Crippen molar-refractivity contribution < 1.29 is 4.74 Å². The zero-order valence-corrected chi connectivity index (χ0v) is 12.8. The van der Waals surface area contributed by atoms with Crippen LogP contribution in [0.3, 0.4) is 0 Å². The highest BCUT2D eigenvalue weighted by Crippen LogP contribution is 2.31. The molecule has 1 heterocycles. The van der Waals surface area contributed by atoms with Gasteiger partial charge in [-0.2, -0.15) is 0 Å². The van der Waals surface area contributed by atoms with Crippen LogP contribution in [0.4, 0.5) is 0 Å². The van der Waals surface area contributed by atoms with Crippen LogP contribution in [0.1, 0.15) is 29.1 Å². The minimum atomic E-state index is 0.0263. The number of methoxy groups -OCH3 is 1. The third-order valence-corrected chi connectivity index (χ3v) is 4.71.